The van der Waals surface area contributed by atoms with Gasteiger partial charge in [0.2, 0.25) is 0 Å². The fraction of sp³-hybridized carbons (Fsp3) is 0.533. The minimum absolute atomic E-state index is 0.161. The SMILES string of the molecule is COc1cccc(C(=O)CC(C)C(C)(C)C)c1. The van der Waals surface area contributed by atoms with Crippen molar-refractivity contribution in [2.75, 3.05) is 7.11 Å². The number of Topliss-reactive ketones (excluding diaryl/α,β-unsaturated/α-hetero) is 1. The standard InChI is InChI=1S/C15H22O2/c1-11(15(2,3)4)9-14(16)12-7-6-8-13(10-12)17-5/h6-8,10-11H,9H2,1-5H3. The van der Waals surface area contributed by atoms with Crippen molar-refractivity contribution < 1.29 is 9.53 Å². The largest absolute Gasteiger partial charge is 0.497 e. The lowest BCUT2D eigenvalue weighted by Gasteiger charge is -2.26. The zero-order chi connectivity index (χ0) is 13.1. The third kappa shape index (κ3) is 3.88. The summed E-state index contributed by atoms with van der Waals surface area (Å²) in [7, 11) is 1.61. The van der Waals surface area contributed by atoms with Crippen molar-refractivity contribution in [3.63, 3.8) is 0 Å². The second-order valence-corrected chi connectivity index (χ2v) is 5.63. The van der Waals surface area contributed by atoms with Gasteiger partial charge in [0, 0.05) is 12.0 Å². The van der Waals surface area contributed by atoms with E-state index in [0.717, 1.165) is 11.3 Å². The Morgan fingerprint density at radius 1 is 1.35 bits per heavy atom. The Hall–Kier alpha value is -1.31. The van der Waals surface area contributed by atoms with Crippen LogP contribution in [0.5, 0.6) is 5.75 Å². The lowest BCUT2D eigenvalue weighted by molar-refractivity contribution is 0.0927. The van der Waals surface area contributed by atoms with Gasteiger partial charge in [-0.2, -0.15) is 0 Å². The first-order valence-electron chi connectivity index (χ1n) is 6.02. The van der Waals surface area contributed by atoms with Crippen LogP contribution in [0.1, 0.15) is 44.5 Å². The number of ether oxygens (including phenoxy) is 1. The van der Waals surface area contributed by atoms with Crippen LogP contribution in [0.15, 0.2) is 24.3 Å². The van der Waals surface area contributed by atoms with E-state index in [9.17, 15) is 4.79 Å². The van der Waals surface area contributed by atoms with Gasteiger partial charge < -0.3 is 4.74 Å². The summed E-state index contributed by atoms with van der Waals surface area (Å²) in [5.74, 6) is 1.28. The van der Waals surface area contributed by atoms with Crippen LogP contribution in [-0.2, 0) is 0 Å². The Bertz CT molecular complexity index is 388. The van der Waals surface area contributed by atoms with E-state index in [4.69, 9.17) is 4.74 Å². The molecule has 0 fully saturated rings. The molecule has 0 aliphatic rings. The Morgan fingerprint density at radius 3 is 2.53 bits per heavy atom. The van der Waals surface area contributed by atoms with Crippen molar-refractivity contribution in [2.24, 2.45) is 11.3 Å². The Labute approximate surface area is 104 Å². The molecule has 0 radical (unpaired) electrons. The fourth-order valence-electron chi connectivity index (χ4n) is 1.50. The molecule has 0 spiro atoms. The molecule has 2 nitrogen and oxygen atoms in total. The maximum Gasteiger partial charge on any atom is 0.163 e. The molecule has 1 aromatic rings. The van der Waals surface area contributed by atoms with E-state index in [2.05, 4.69) is 27.7 Å². The molecule has 0 N–H and O–H groups in total. The predicted molar refractivity (Wildman–Crippen MR) is 70.6 cm³/mol. The summed E-state index contributed by atoms with van der Waals surface area (Å²) >= 11 is 0. The van der Waals surface area contributed by atoms with Crippen LogP contribution in [-0.4, -0.2) is 12.9 Å². The van der Waals surface area contributed by atoms with Gasteiger partial charge in [0.1, 0.15) is 5.75 Å². The smallest absolute Gasteiger partial charge is 0.163 e. The molecule has 0 saturated carbocycles. The molecular formula is C15H22O2. The topological polar surface area (TPSA) is 26.3 Å². The van der Waals surface area contributed by atoms with E-state index < -0.39 is 0 Å². The van der Waals surface area contributed by atoms with Crippen molar-refractivity contribution >= 4 is 5.78 Å². The number of rotatable bonds is 4. The quantitative estimate of drug-likeness (QED) is 0.737. The fourth-order valence-corrected chi connectivity index (χ4v) is 1.50. The van der Waals surface area contributed by atoms with Crippen molar-refractivity contribution in [1.82, 2.24) is 0 Å². The maximum absolute atomic E-state index is 12.1. The van der Waals surface area contributed by atoms with Gasteiger partial charge >= 0.3 is 0 Å². The molecule has 1 rings (SSSR count). The molecule has 2 heteroatoms. The maximum atomic E-state index is 12.1. The summed E-state index contributed by atoms with van der Waals surface area (Å²) < 4.78 is 5.13. The zero-order valence-corrected chi connectivity index (χ0v) is 11.4. The van der Waals surface area contributed by atoms with Crippen LogP contribution in [0, 0.1) is 11.3 Å². The van der Waals surface area contributed by atoms with Gasteiger partial charge in [-0.3, -0.25) is 4.79 Å². The van der Waals surface area contributed by atoms with Crippen LogP contribution in [0.2, 0.25) is 0 Å². The summed E-state index contributed by atoms with van der Waals surface area (Å²) in [6.07, 6.45) is 0.580. The Kier molecular flexibility index (Phi) is 4.33. The second kappa shape index (κ2) is 5.35. The molecule has 0 heterocycles. The molecular weight excluding hydrogens is 212 g/mol. The van der Waals surface area contributed by atoms with Crippen LogP contribution < -0.4 is 4.74 Å². The molecule has 0 aliphatic carbocycles. The average Bonchev–Trinajstić information content (AvgIpc) is 2.27. The first-order chi connectivity index (χ1) is 7.84. The number of hydrogen-bond donors (Lipinski definition) is 0. The molecule has 1 aromatic carbocycles. The molecule has 0 aromatic heterocycles. The first-order valence-corrected chi connectivity index (χ1v) is 6.02. The highest BCUT2D eigenvalue weighted by atomic mass is 16.5. The van der Waals surface area contributed by atoms with Gasteiger partial charge in [0.05, 0.1) is 7.11 Å². The number of carbonyl (C=O) groups is 1. The lowest BCUT2D eigenvalue weighted by Crippen LogP contribution is -2.20. The molecule has 0 aliphatic heterocycles. The van der Waals surface area contributed by atoms with Gasteiger partial charge in [0.25, 0.3) is 0 Å². The van der Waals surface area contributed by atoms with E-state index in [1.165, 1.54) is 0 Å². The van der Waals surface area contributed by atoms with Crippen LogP contribution >= 0.6 is 0 Å². The molecule has 1 atom stereocenters. The van der Waals surface area contributed by atoms with E-state index in [1.807, 2.05) is 18.2 Å². The van der Waals surface area contributed by atoms with E-state index in [0.29, 0.717) is 12.3 Å². The molecule has 0 amide bonds. The second-order valence-electron chi connectivity index (χ2n) is 5.63. The normalized spacial score (nSPS) is 13.2. The van der Waals surface area contributed by atoms with Crippen LogP contribution in [0.4, 0.5) is 0 Å². The molecule has 0 saturated heterocycles. The third-order valence-corrected chi connectivity index (χ3v) is 3.36. The predicted octanol–water partition coefficient (Wildman–Crippen LogP) is 3.95. The monoisotopic (exact) mass is 234 g/mol. The van der Waals surface area contributed by atoms with Gasteiger partial charge in [-0.1, -0.05) is 39.8 Å². The van der Waals surface area contributed by atoms with E-state index in [-0.39, 0.29) is 11.2 Å². The van der Waals surface area contributed by atoms with Crippen LogP contribution in [0.25, 0.3) is 0 Å². The third-order valence-electron chi connectivity index (χ3n) is 3.36. The van der Waals surface area contributed by atoms with Crippen molar-refractivity contribution in [1.29, 1.82) is 0 Å². The Morgan fingerprint density at radius 2 is 2.00 bits per heavy atom. The number of methoxy groups -OCH3 is 1. The van der Waals surface area contributed by atoms with Crippen LogP contribution in [0.3, 0.4) is 0 Å². The molecule has 0 bridgehead atoms. The lowest BCUT2D eigenvalue weighted by atomic mass is 9.78. The molecule has 17 heavy (non-hydrogen) atoms. The summed E-state index contributed by atoms with van der Waals surface area (Å²) in [6, 6.07) is 7.36. The van der Waals surface area contributed by atoms with Gasteiger partial charge in [-0.05, 0) is 23.5 Å². The van der Waals surface area contributed by atoms with Gasteiger partial charge in [-0.25, -0.2) is 0 Å². The van der Waals surface area contributed by atoms with Crippen molar-refractivity contribution in [2.45, 2.75) is 34.1 Å². The zero-order valence-electron chi connectivity index (χ0n) is 11.4. The van der Waals surface area contributed by atoms with E-state index >= 15 is 0 Å². The highest BCUT2D eigenvalue weighted by Gasteiger charge is 2.23. The Balaban J connectivity index is 2.76. The minimum Gasteiger partial charge on any atom is -0.497 e. The number of ketones is 1. The highest BCUT2D eigenvalue weighted by Crippen LogP contribution is 2.29. The number of carbonyl (C=O) groups excluding carboxylic acids is 1. The summed E-state index contributed by atoms with van der Waals surface area (Å²) in [5.41, 5.74) is 0.898. The van der Waals surface area contributed by atoms with Gasteiger partial charge in [-0.15, -0.1) is 0 Å². The summed E-state index contributed by atoms with van der Waals surface area (Å²) in [4.78, 5) is 12.1. The number of benzene rings is 1. The van der Waals surface area contributed by atoms with Crippen molar-refractivity contribution in [3.8, 4) is 5.75 Å². The van der Waals surface area contributed by atoms with Crippen molar-refractivity contribution in [3.05, 3.63) is 29.8 Å². The molecule has 94 valence electrons. The highest BCUT2D eigenvalue weighted by molar-refractivity contribution is 5.96. The average molecular weight is 234 g/mol. The summed E-state index contributed by atoms with van der Waals surface area (Å²) in [6.45, 7) is 8.61. The first kappa shape index (κ1) is 13.8. The van der Waals surface area contributed by atoms with Gasteiger partial charge in [0.15, 0.2) is 5.78 Å². The summed E-state index contributed by atoms with van der Waals surface area (Å²) in [5, 5.41) is 0. The van der Waals surface area contributed by atoms with E-state index in [1.54, 1.807) is 13.2 Å². The molecule has 1 unspecified atom stereocenters. The number of hydrogen-bond acceptors (Lipinski definition) is 2. The minimum atomic E-state index is 0.161.